The van der Waals surface area contributed by atoms with Crippen molar-refractivity contribution < 1.29 is 22.4 Å². The van der Waals surface area contributed by atoms with Crippen LogP contribution < -0.4 is 4.74 Å². The summed E-state index contributed by atoms with van der Waals surface area (Å²) in [5.74, 6) is 0.759. The lowest BCUT2D eigenvalue weighted by molar-refractivity contribution is -0.274. The number of imidazole rings is 1. The lowest BCUT2D eigenvalue weighted by Gasteiger charge is -2.11. The van der Waals surface area contributed by atoms with E-state index in [0.29, 0.717) is 16.4 Å². The predicted molar refractivity (Wildman–Crippen MR) is 105 cm³/mol. The zero-order valence-electron chi connectivity index (χ0n) is 16.3. The van der Waals surface area contributed by atoms with Gasteiger partial charge in [0, 0.05) is 30.9 Å². The van der Waals surface area contributed by atoms with Crippen LogP contribution in [0.1, 0.15) is 24.2 Å². The number of hydrogen-bond acceptors (Lipinski definition) is 6. The lowest BCUT2D eigenvalue weighted by atomic mass is 10.0. The molecule has 0 saturated heterocycles. The maximum atomic E-state index is 12.3. The van der Waals surface area contributed by atoms with Gasteiger partial charge in [0.25, 0.3) is 5.89 Å². The highest BCUT2D eigenvalue weighted by molar-refractivity contribution is 6.29. The number of alkyl halides is 3. The summed E-state index contributed by atoms with van der Waals surface area (Å²) in [7, 11) is 1.85. The first kappa shape index (κ1) is 20.9. The molecule has 11 heteroatoms. The van der Waals surface area contributed by atoms with Crippen molar-refractivity contribution in [2.24, 2.45) is 7.05 Å². The van der Waals surface area contributed by atoms with Gasteiger partial charge in [0.1, 0.15) is 22.4 Å². The summed E-state index contributed by atoms with van der Waals surface area (Å²) in [6.45, 7) is 1.99. The summed E-state index contributed by atoms with van der Waals surface area (Å²) in [6, 6.07) is 8.82. The molecule has 0 spiro atoms. The Morgan fingerprint density at radius 3 is 2.55 bits per heavy atom. The molecule has 3 heterocycles. The van der Waals surface area contributed by atoms with Gasteiger partial charge < -0.3 is 13.8 Å². The molecule has 0 bridgehead atoms. The molecule has 160 valence electrons. The standard InChI is InChI=1S/C20H15ClF3N5O2/c1-11(13-7-8-25-16(21)9-13)18-26-15(10-29(18)2)19-27-17(28-31-19)12-3-5-14(6-4-12)30-20(22,23)24/h3-11H,1-2H3. The molecule has 0 N–H and O–H groups in total. The summed E-state index contributed by atoms with van der Waals surface area (Å²) >= 11 is 5.98. The first-order valence-corrected chi connectivity index (χ1v) is 9.42. The summed E-state index contributed by atoms with van der Waals surface area (Å²) in [6.07, 6.45) is -1.37. The molecule has 3 aromatic heterocycles. The van der Waals surface area contributed by atoms with Gasteiger partial charge in [0.15, 0.2) is 0 Å². The number of aryl methyl sites for hydroxylation is 1. The van der Waals surface area contributed by atoms with E-state index in [1.54, 1.807) is 18.5 Å². The fourth-order valence-corrected chi connectivity index (χ4v) is 3.25. The highest BCUT2D eigenvalue weighted by Gasteiger charge is 2.31. The number of benzene rings is 1. The van der Waals surface area contributed by atoms with Crippen molar-refractivity contribution >= 4 is 11.6 Å². The van der Waals surface area contributed by atoms with E-state index < -0.39 is 6.36 Å². The van der Waals surface area contributed by atoms with Gasteiger partial charge >= 0.3 is 6.36 Å². The highest BCUT2D eigenvalue weighted by atomic mass is 35.5. The number of aromatic nitrogens is 5. The number of hydrogen-bond donors (Lipinski definition) is 0. The Kier molecular flexibility index (Phi) is 5.40. The summed E-state index contributed by atoms with van der Waals surface area (Å²) in [4.78, 5) is 12.9. The number of ether oxygens (including phenoxy) is 1. The number of nitrogens with zero attached hydrogens (tertiary/aromatic N) is 5. The Hall–Kier alpha value is -3.40. The van der Waals surface area contributed by atoms with Crippen molar-refractivity contribution in [3.05, 3.63) is 65.3 Å². The second-order valence-electron chi connectivity index (χ2n) is 6.72. The van der Waals surface area contributed by atoms with Gasteiger partial charge in [-0.25, -0.2) is 9.97 Å². The van der Waals surface area contributed by atoms with Gasteiger partial charge in [0.2, 0.25) is 5.82 Å². The molecule has 0 radical (unpaired) electrons. The van der Waals surface area contributed by atoms with Crippen molar-refractivity contribution in [3.8, 4) is 28.7 Å². The molecule has 4 rings (SSSR count). The molecular weight excluding hydrogens is 435 g/mol. The van der Waals surface area contributed by atoms with E-state index in [-0.39, 0.29) is 23.4 Å². The molecule has 0 fully saturated rings. The monoisotopic (exact) mass is 449 g/mol. The number of halogens is 4. The molecule has 0 aliphatic carbocycles. The van der Waals surface area contributed by atoms with Gasteiger partial charge in [-0.2, -0.15) is 4.98 Å². The Balaban J connectivity index is 1.56. The molecule has 1 atom stereocenters. The minimum absolute atomic E-state index is 0.0668. The third-order valence-corrected chi connectivity index (χ3v) is 4.75. The fraction of sp³-hybridized carbons (Fsp3) is 0.200. The molecule has 0 saturated carbocycles. The van der Waals surface area contributed by atoms with Crippen LogP contribution in [0.15, 0.2) is 53.3 Å². The van der Waals surface area contributed by atoms with E-state index in [1.807, 2.05) is 24.6 Å². The molecule has 1 unspecified atom stereocenters. The van der Waals surface area contributed by atoms with Crippen molar-refractivity contribution in [3.63, 3.8) is 0 Å². The van der Waals surface area contributed by atoms with Crippen LogP contribution >= 0.6 is 11.6 Å². The Bertz CT molecular complexity index is 1200. The van der Waals surface area contributed by atoms with E-state index in [2.05, 4.69) is 24.8 Å². The number of pyridine rings is 1. The Morgan fingerprint density at radius 2 is 1.87 bits per heavy atom. The van der Waals surface area contributed by atoms with Crippen LogP contribution in [0, 0.1) is 0 Å². The largest absolute Gasteiger partial charge is 0.573 e. The first-order chi connectivity index (χ1) is 14.7. The number of rotatable bonds is 5. The van der Waals surface area contributed by atoms with Crippen LogP contribution in [0.4, 0.5) is 13.2 Å². The normalized spacial score (nSPS) is 12.7. The molecule has 1 aromatic carbocycles. The predicted octanol–water partition coefficient (Wildman–Crippen LogP) is 5.24. The molecule has 31 heavy (non-hydrogen) atoms. The minimum atomic E-state index is -4.75. The van der Waals surface area contributed by atoms with Crippen LogP contribution in [0.3, 0.4) is 0 Å². The molecule has 0 amide bonds. The molecule has 4 aromatic rings. The fourth-order valence-electron chi connectivity index (χ4n) is 3.07. The molecular formula is C20H15ClF3N5O2. The zero-order chi connectivity index (χ0) is 22.2. The van der Waals surface area contributed by atoms with Crippen LogP contribution in [0.2, 0.25) is 5.15 Å². The summed E-state index contributed by atoms with van der Waals surface area (Å²) in [5, 5.41) is 4.29. The third-order valence-electron chi connectivity index (χ3n) is 4.54. The molecule has 0 aliphatic heterocycles. The van der Waals surface area contributed by atoms with E-state index in [0.717, 1.165) is 11.4 Å². The Morgan fingerprint density at radius 1 is 1.13 bits per heavy atom. The third kappa shape index (κ3) is 4.69. The second-order valence-corrected chi connectivity index (χ2v) is 7.11. The van der Waals surface area contributed by atoms with Crippen LogP contribution in [0.25, 0.3) is 23.0 Å². The van der Waals surface area contributed by atoms with Gasteiger partial charge in [-0.05, 0) is 42.0 Å². The van der Waals surface area contributed by atoms with Crippen LogP contribution in [-0.2, 0) is 7.05 Å². The van der Waals surface area contributed by atoms with E-state index in [4.69, 9.17) is 16.1 Å². The summed E-state index contributed by atoms with van der Waals surface area (Å²) in [5.41, 5.74) is 1.90. The summed E-state index contributed by atoms with van der Waals surface area (Å²) < 4.78 is 47.9. The second kappa shape index (κ2) is 8.03. The smallest absolute Gasteiger partial charge is 0.406 e. The SMILES string of the molecule is CC(c1ccnc(Cl)c1)c1nc(-c2nc(-c3ccc(OC(F)(F)F)cc3)no2)cn1C. The average Bonchev–Trinajstić information content (AvgIpc) is 3.34. The van der Waals surface area contributed by atoms with Gasteiger partial charge in [0.05, 0.1) is 0 Å². The topological polar surface area (TPSA) is 78.9 Å². The highest BCUT2D eigenvalue weighted by Crippen LogP contribution is 2.29. The maximum Gasteiger partial charge on any atom is 0.573 e. The first-order valence-electron chi connectivity index (χ1n) is 9.04. The zero-order valence-corrected chi connectivity index (χ0v) is 17.0. The van der Waals surface area contributed by atoms with Gasteiger partial charge in [-0.1, -0.05) is 23.7 Å². The maximum absolute atomic E-state index is 12.3. The van der Waals surface area contributed by atoms with Crippen molar-refractivity contribution in [1.82, 2.24) is 24.7 Å². The lowest BCUT2D eigenvalue weighted by Crippen LogP contribution is -2.16. The molecule has 0 aliphatic rings. The minimum Gasteiger partial charge on any atom is -0.406 e. The van der Waals surface area contributed by atoms with Crippen molar-refractivity contribution in [2.45, 2.75) is 19.2 Å². The molecule has 7 nitrogen and oxygen atoms in total. The van der Waals surface area contributed by atoms with Crippen molar-refractivity contribution in [1.29, 1.82) is 0 Å². The average molecular weight is 450 g/mol. The van der Waals surface area contributed by atoms with E-state index >= 15 is 0 Å². The Labute approximate surface area is 179 Å². The van der Waals surface area contributed by atoms with Crippen molar-refractivity contribution in [2.75, 3.05) is 0 Å². The van der Waals surface area contributed by atoms with Crippen LogP contribution in [0.5, 0.6) is 5.75 Å². The van der Waals surface area contributed by atoms with E-state index in [1.165, 1.54) is 24.3 Å². The van der Waals surface area contributed by atoms with Gasteiger partial charge in [-0.3, -0.25) is 0 Å². The quantitative estimate of drug-likeness (QED) is 0.388. The van der Waals surface area contributed by atoms with Crippen LogP contribution in [-0.4, -0.2) is 31.0 Å². The van der Waals surface area contributed by atoms with Gasteiger partial charge in [-0.15, -0.1) is 13.2 Å². The van der Waals surface area contributed by atoms with E-state index in [9.17, 15) is 13.2 Å².